The van der Waals surface area contributed by atoms with Gasteiger partial charge in [0.15, 0.2) is 0 Å². The van der Waals surface area contributed by atoms with Gasteiger partial charge < -0.3 is 10.6 Å². The first-order chi connectivity index (χ1) is 11.8. The van der Waals surface area contributed by atoms with Gasteiger partial charge in [-0.25, -0.2) is 4.98 Å². The molecule has 2 N–H and O–H groups in total. The van der Waals surface area contributed by atoms with Crippen LogP contribution in [0.15, 0.2) is 24.3 Å². The van der Waals surface area contributed by atoms with E-state index in [4.69, 9.17) is 5.73 Å². The summed E-state index contributed by atoms with van der Waals surface area (Å²) >= 11 is 2.80. The summed E-state index contributed by atoms with van der Waals surface area (Å²) in [5, 5.41) is 0.524. The SMILES string of the molecule is Cc1nc(-c2cccc(C(F)(F)F)c2)c(C(=O)N2CCSC2CN)s1. The lowest BCUT2D eigenvalue weighted by molar-refractivity contribution is -0.137. The third-order valence-corrected chi connectivity index (χ3v) is 6.05. The van der Waals surface area contributed by atoms with Crippen molar-refractivity contribution in [2.75, 3.05) is 18.8 Å². The van der Waals surface area contributed by atoms with Gasteiger partial charge in [0.05, 0.1) is 21.6 Å². The van der Waals surface area contributed by atoms with Crippen LogP contribution in [0.1, 0.15) is 20.2 Å². The minimum Gasteiger partial charge on any atom is -0.328 e. The first kappa shape index (κ1) is 18.2. The number of rotatable bonds is 3. The first-order valence-electron chi connectivity index (χ1n) is 7.59. The fraction of sp³-hybridized carbons (Fsp3) is 0.375. The van der Waals surface area contributed by atoms with E-state index in [-0.39, 0.29) is 11.3 Å². The van der Waals surface area contributed by atoms with Crippen LogP contribution < -0.4 is 5.73 Å². The van der Waals surface area contributed by atoms with Crippen molar-refractivity contribution in [2.24, 2.45) is 5.73 Å². The van der Waals surface area contributed by atoms with Crippen molar-refractivity contribution in [2.45, 2.75) is 18.5 Å². The van der Waals surface area contributed by atoms with Gasteiger partial charge in [0, 0.05) is 24.4 Å². The van der Waals surface area contributed by atoms with Gasteiger partial charge in [-0.3, -0.25) is 4.79 Å². The number of halogens is 3. The van der Waals surface area contributed by atoms with Gasteiger partial charge >= 0.3 is 6.18 Å². The Morgan fingerprint density at radius 1 is 1.44 bits per heavy atom. The molecule has 1 aromatic heterocycles. The lowest BCUT2D eigenvalue weighted by atomic mass is 10.1. The van der Waals surface area contributed by atoms with Crippen LogP contribution in [0, 0.1) is 6.92 Å². The molecule has 0 radical (unpaired) electrons. The Morgan fingerprint density at radius 3 is 2.88 bits per heavy atom. The molecule has 1 aliphatic heterocycles. The Labute approximate surface area is 151 Å². The molecule has 134 valence electrons. The number of carbonyl (C=O) groups excluding carboxylic acids is 1. The van der Waals surface area contributed by atoms with Gasteiger partial charge in [-0.05, 0) is 19.1 Å². The van der Waals surface area contributed by atoms with Crippen LogP contribution in [0.4, 0.5) is 13.2 Å². The van der Waals surface area contributed by atoms with E-state index in [0.29, 0.717) is 34.2 Å². The second-order valence-electron chi connectivity index (χ2n) is 5.55. The van der Waals surface area contributed by atoms with E-state index in [1.54, 1.807) is 29.7 Å². The van der Waals surface area contributed by atoms with E-state index in [2.05, 4.69) is 4.98 Å². The maximum Gasteiger partial charge on any atom is 0.416 e. The molecule has 0 spiro atoms. The Morgan fingerprint density at radius 2 is 2.20 bits per heavy atom. The molecule has 0 saturated carbocycles. The number of alkyl halides is 3. The fourth-order valence-corrected chi connectivity index (χ4v) is 4.68. The second-order valence-corrected chi connectivity index (χ2v) is 8.04. The molecule has 1 aliphatic rings. The lowest BCUT2D eigenvalue weighted by Gasteiger charge is -2.22. The highest BCUT2D eigenvalue weighted by molar-refractivity contribution is 8.00. The zero-order chi connectivity index (χ0) is 18.2. The predicted octanol–water partition coefficient (Wildman–Crippen LogP) is 3.61. The molecule has 2 aromatic rings. The summed E-state index contributed by atoms with van der Waals surface area (Å²) in [5.41, 5.74) is 5.54. The third kappa shape index (κ3) is 3.68. The molecule has 3 rings (SSSR count). The predicted molar refractivity (Wildman–Crippen MR) is 93.6 cm³/mol. The van der Waals surface area contributed by atoms with Crippen LogP contribution >= 0.6 is 23.1 Å². The number of carbonyl (C=O) groups is 1. The third-order valence-electron chi connectivity index (χ3n) is 3.84. The normalized spacial score (nSPS) is 18.0. The highest BCUT2D eigenvalue weighted by Crippen LogP contribution is 2.36. The summed E-state index contributed by atoms with van der Waals surface area (Å²) in [6.45, 7) is 2.65. The first-order valence-corrected chi connectivity index (χ1v) is 9.45. The van der Waals surface area contributed by atoms with Crippen LogP contribution in [-0.2, 0) is 6.18 Å². The highest BCUT2D eigenvalue weighted by Gasteiger charge is 2.33. The Balaban J connectivity index is 2.01. The lowest BCUT2D eigenvalue weighted by Crippen LogP contribution is -2.38. The molecule has 1 atom stereocenters. The largest absolute Gasteiger partial charge is 0.416 e. The second kappa shape index (κ2) is 6.97. The molecule has 1 amide bonds. The minimum absolute atomic E-state index is 0.107. The van der Waals surface area contributed by atoms with Gasteiger partial charge in [-0.1, -0.05) is 12.1 Å². The standard InChI is InChI=1S/C16H16F3N3OS2/c1-9-21-13(10-3-2-4-11(7-10)16(17,18)19)14(25-9)15(23)22-5-6-24-12(22)8-20/h2-4,7,12H,5-6,8,20H2,1H3. The number of aryl methyl sites for hydroxylation is 1. The van der Waals surface area contributed by atoms with Crippen molar-refractivity contribution >= 4 is 29.0 Å². The number of hydrogen-bond acceptors (Lipinski definition) is 5. The number of thiazole rings is 1. The summed E-state index contributed by atoms with van der Waals surface area (Å²) in [5.74, 6) is 0.572. The van der Waals surface area contributed by atoms with Crippen LogP contribution in [0.2, 0.25) is 0 Å². The molecular weight excluding hydrogens is 371 g/mol. The number of nitrogens with two attached hydrogens (primary N) is 1. The molecule has 0 bridgehead atoms. The van der Waals surface area contributed by atoms with E-state index in [1.807, 2.05) is 0 Å². The van der Waals surface area contributed by atoms with E-state index in [9.17, 15) is 18.0 Å². The summed E-state index contributed by atoms with van der Waals surface area (Å²) < 4.78 is 38.9. The maximum atomic E-state index is 13.0. The molecule has 2 heterocycles. The Hall–Kier alpha value is -1.58. The highest BCUT2D eigenvalue weighted by atomic mass is 32.2. The molecule has 25 heavy (non-hydrogen) atoms. The van der Waals surface area contributed by atoms with Crippen LogP contribution in [0.5, 0.6) is 0 Å². The van der Waals surface area contributed by atoms with Gasteiger partial charge in [-0.2, -0.15) is 13.2 Å². The van der Waals surface area contributed by atoms with Crippen LogP contribution in [0.3, 0.4) is 0 Å². The van der Waals surface area contributed by atoms with E-state index in [0.717, 1.165) is 17.9 Å². The molecule has 1 fully saturated rings. The molecule has 4 nitrogen and oxygen atoms in total. The topological polar surface area (TPSA) is 59.2 Å². The average Bonchev–Trinajstić information content (AvgIpc) is 3.19. The van der Waals surface area contributed by atoms with Gasteiger partial charge in [0.1, 0.15) is 4.88 Å². The van der Waals surface area contributed by atoms with Crippen molar-refractivity contribution in [1.29, 1.82) is 0 Å². The van der Waals surface area contributed by atoms with Crippen LogP contribution in [-0.4, -0.2) is 40.0 Å². The number of aromatic nitrogens is 1. The Kier molecular flexibility index (Phi) is 5.08. The van der Waals surface area contributed by atoms with Crippen LogP contribution in [0.25, 0.3) is 11.3 Å². The van der Waals surface area contributed by atoms with Crippen molar-refractivity contribution in [3.8, 4) is 11.3 Å². The fourth-order valence-electron chi connectivity index (χ4n) is 2.69. The number of benzene rings is 1. The summed E-state index contributed by atoms with van der Waals surface area (Å²) in [4.78, 5) is 19.3. The number of nitrogens with zero attached hydrogens (tertiary/aromatic N) is 2. The van der Waals surface area contributed by atoms with E-state index < -0.39 is 11.7 Å². The number of thioether (sulfide) groups is 1. The summed E-state index contributed by atoms with van der Waals surface area (Å²) in [7, 11) is 0. The molecule has 0 aliphatic carbocycles. The minimum atomic E-state index is -4.44. The number of amides is 1. The van der Waals surface area contributed by atoms with Crippen molar-refractivity contribution in [1.82, 2.24) is 9.88 Å². The summed E-state index contributed by atoms with van der Waals surface area (Å²) in [6.07, 6.45) is -4.44. The molecule has 1 unspecified atom stereocenters. The van der Waals surface area contributed by atoms with E-state index >= 15 is 0 Å². The molecular formula is C16H16F3N3OS2. The molecule has 1 aromatic carbocycles. The van der Waals surface area contributed by atoms with Crippen molar-refractivity contribution in [3.05, 3.63) is 39.7 Å². The van der Waals surface area contributed by atoms with Gasteiger partial charge in [0.2, 0.25) is 0 Å². The smallest absolute Gasteiger partial charge is 0.328 e. The van der Waals surface area contributed by atoms with Gasteiger partial charge in [0.25, 0.3) is 5.91 Å². The molecule has 9 heteroatoms. The number of hydrogen-bond donors (Lipinski definition) is 1. The van der Waals surface area contributed by atoms with Crippen molar-refractivity contribution in [3.63, 3.8) is 0 Å². The zero-order valence-corrected chi connectivity index (χ0v) is 15.0. The average molecular weight is 387 g/mol. The monoisotopic (exact) mass is 387 g/mol. The Bertz CT molecular complexity index is 791. The quantitative estimate of drug-likeness (QED) is 0.874. The van der Waals surface area contributed by atoms with E-state index in [1.165, 1.54) is 17.4 Å². The summed E-state index contributed by atoms with van der Waals surface area (Å²) in [6, 6.07) is 4.91. The van der Waals surface area contributed by atoms with Gasteiger partial charge in [-0.15, -0.1) is 23.1 Å². The van der Waals surface area contributed by atoms with Crippen molar-refractivity contribution < 1.29 is 18.0 Å². The molecule has 1 saturated heterocycles. The zero-order valence-electron chi connectivity index (χ0n) is 13.3. The maximum absolute atomic E-state index is 13.0.